The second-order valence-electron chi connectivity index (χ2n) is 6.63. The average Bonchev–Trinajstić information content (AvgIpc) is 2.81. The summed E-state index contributed by atoms with van der Waals surface area (Å²) in [6.45, 7) is 9.31. The van der Waals surface area contributed by atoms with Gasteiger partial charge in [-0.2, -0.15) is 0 Å². The first-order valence-corrected chi connectivity index (χ1v) is 7.84. The Balaban J connectivity index is 2.03. The molecule has 0 aromatic rings. The largest absolute Gasteiger partial charge is 0.480 e. The molecular formula is C15H29N3O2. The molecule has 4 unspecified atom stereocenters. The summed E-state index contributed by atoms with van der Waals surface area (Å²) in [5.41, 5.74) is -0.699. The van der Waals surface area contributed by atoms with E-state index < -0.39 is 11.5 Å². The first kappa shape index (κ1) is 15.7. The van der Waals surface area contributed by atoms with E-state index in [1.54, 1.807) is 0 Å². The van der Waals surface area contributed by atoms with E-state index in [9.17, 15) is 9.90 Å². The van der Waals surface area contributed by atoms with Gasteiger partial charge in [-0.1, -0.05) is 6.92 Å². The molecular weight excluding hydrogens is 254 g/mol. The molecule has 1 saturated carbocycles. The van der Waals surface area contributed by atoms with Crippen LogP contribution in [0.5, 0.6) is 0 Å². The second kappa shape index (κ2) is 6.00. The van der Waals surface area contributed by atoms with Crippen LogP contribution in [0.25, 0.3) is 0 Å². The highest BCUT2D eigenvalue weighted by molar-refractivity contribution is 5.79. The Kier molecular flexibility index (Phi) is 4.72. The number of carboxylic acid groups (broad SMARTS) is 1. The Morgan fingerprint density at radius 2 is 1.95 bits per heavy atom. The molecule has 2 rings (SSSR count). The van der Waals surface area contributed by atoms with Gasteiger partial charge in [0, 0.05) is 31.2 Å². The average molecular weight is 283 g/mol. The van der Waals surface area contributed by atoms with Crippen molar-refractivity contribution in [1.82, 2.24) is 15.1 Å². The molecule has 2 N–H and O–H groups in total. The van der Waals surface area contributed by atoms with Gasteiger partial charge in [0.25, 0.3) is 0 Å². The number of piperazine rings is 1. The summed E-state index contributed by atoms with van der Waals surface area (Å²) in [7, 11) is 2.18. The van der Waals surface area contributed by atoms with Crippen LogP contribution in [0.1, 0.15) is 40.0 Å². The molecule has 1 saturated heterocycles. The summed E-state index contributed by atoms with van der Waals surface area (Å²) in [4.78, 5) is 16.6. The van der Waals surface area contributed by atoms with E-state index in [1.165, 1.54) is 0 Å². The molecule has 2 aliphatic rings. The van der Waals surface area contributed by atoms with Crippen LogP contribution in [0.4, 0.5) is 0 Å². The van der Waals surface area contributed by atoms with Crippen molar-refractivity contribution >= 4 is 5.97 Å². The SMILES string of the molecule is CCNC1(C(=O)O)CCC(N2CC(C)N(C)C(C)C2)C1. The van der Waals surface area contributed by atoms with Crippen molar-refractivity contribution in [3.63, 3.8) is 0 Å². The lowest BCUT2D eigenvalue weighted by Gasteiger charge is -2.45. The van der Waals surface area contributed by atoms with Gasteiger partial charge in [-0.15, -0.1) is 0 Å². The van der Waals surface area contributed by atoms with Crippen molar-refractivity contribution in [2.45, 2.75) is 63.7 Å². The third-order valence-electron chi connectivity index (χ3n) is 5.32. The minimum Gasteiger partial charge on any atom is -0.480 e. The molecule has 1 aliphatic carbocycles. The summed E-state index contributed by atoms with van der Waals surface area (Å²) < 4.78 is 0. The zero-order valence-electron chi connectivity index (χ0n) is 13.2. The smallest absolute Gasteiger partial charge is 0.323 e. The standard InChI is InChI=1S/C15H29N3O2/c1-5-16-15(14(19)20)7-6-13(8-15)18-9-11(2)17(4)12(3)10-18/h11-13,16H,5-10H2,1-4H3,(H,19,20). The van der Waals surface area contributed by atoms with Crippen molar-refractivity contribution in [3.8, 4) is 0 Å². The van der Waals surface area contributed by atoms with Crippen molar-refractivity contribution in [2.75, 3.05) is 26.7 Å². The molecule has 0 amide bonds. The molecule has 0 aromatic carbocycles. The van der Waals surface area contributed by atoms with Crippen LogP contribution in [-0.4, -0.2) is 71.2 Å². The highest BCUT2D eigenvalue weighted by Gasteiger charge is 2.47. The topological polar surface area (TPSA) is 55.8 Å². The van der Waals surface area contributed by atoms with Gasteiger partial charge in [-0.25, -0.2) is 0 Å². The Morgan fingerprint density at radius 1 is 1.35 bits per heavy atom. The fraction of sp³-hybridized carbons (Fsp3) is 0.933. The van der Waals surface area contributed by atoms with Crippen molar-refractivity contribution < 1.29 is 9.90 Å². The normalized spacial score (nSPS) is 40.1. The van der Waals surface area contributed by atoms with Gasteiger partial charge >= 0.3 is 5.97 Å². The molecule has 0 aromatic heterocycles. The maximum atomic E-state index is 11.6. The van der Waals surface area contributed by atoms with E-state index in [0.29, 0.717) is 24.7 Å². The van der Waals surface area contributed by atoms with E-state index >= 15 is 0 Å². The van der Waals surface area contributed by atoms with Crippen LogP contribution in [0.2, 0.25) is 0 Å². The van der Waals surface area contributed by atoms with Crippen molar-refractivity contribution in [1.29, 1.82) is 0 Å². The van der Waals surface area contributed by atoms with Crippen LogP contribution in [0.3, 0.4) is 0 Å². The first-order chi connectivity index (χ1) is 9.39. The molecule has 5 heteroatoms. The summed E-state index contributed by atoms with van der Waals surface area (Å²) in [5.74, 6) is -0.683. The summed E-state index contributed by atoms with van der Waals surface area (Å²) in [5, 5.41) is 12.8. The molecule has 1 heterocycles. The van der Waals surface area contributed by atoms with Crippen LogP contribution >= 0.6 is 0 Å². The van der Waals surface area contributed by atoms with E-state index in [4.69, 9.17) is 0 Å². The van der Waals surface area contributed by atoms with E-state index in [2.05, 4.69) is 36.0 Å². The lowest BCUT2D eigenvalue weighted by atomic mass is 9.96. The van der Waals surface area contributed by atoms with Gasteiger partial charge in [0.15, 0.2) is 0 Å². The van der Waals surface area contributed by atoms with Gasteiger partial charge in [0.1, 0.15) is 5.54 Å². The molecule has 20 heavy (non-hydrogen) atoms. The van der Waals surface area contributed by atoms with Crippen LogP contribution < -0.4 is 5.32 Å². The number of hydrogen-bond donors (Lipinski definition) is 2. The summed E-state index contributed by atoms with van der Waals surface area (Å²) >= 11 is 0. The van der Waals surface area contributed by atoms with Crippen molar-refractivity contribution in [3.05, 3.63) is 0 Å². The van der Waals surface area contributed by atoms with Gasteiger partial charge < -0.3 is 10.4 Å². The molecule has 0 spiro atoms. The number of nitrogens with one attached hydrogen (secondary N) is 1. The highest BCUT2D eigenvalue weighted by atomic mass is 16.4. The number of carboxylic acids is 1. The third kappa shape index (κ3) is 2.85. The first-order valence-electron chi connectivity index (χ1n) is 7.84. The lowest BCUT2D eigenvalue weighted by molar-refractivity contribution is -0.144. The fourth-order valence-electron chi connectivity index (χ4n) is 3.84. The second-order valence-corrected chi connectivity index (χ2v) is 6.63. The number of likely N-dealkylation sites (N-methyl/N-ethyl adjacent to an activating group) is 2. The minimum absolute atomic E-state index is 0.406. The number of aliphatic carboxylic acids is 1. The quantitative estimate of drug-likeness (QED) is 0.806. The molecule has 1 aliphatic heterocycles. The Morgan fingerprint density at radius 3 is 2.45 bits per heavy atom. The van der Waals surface area contributed by atoms with E-state index in [-0.39, 0.29) is 0 Å². The number of rotatable bonds is 4. The number of carbonyl (C=O) groups is 1. The molecule has 2 fully saturated rings. The van der Waals surface area contributed by atoms with Crippen LogP contribution in [0.15, 0.2) is 0 Å². The zero-order valence-corrected chi connectivity index (χ0v) is 13.2. The zero-order chi connectivity index (χ0) is 14.9. The predicted octanol–water partition coefficient (Wildman–Crippen LogP) is 0.996. The Hall–Kier alpha value is -0.650. The molecule has 0 bridgehead atoms. The fourth-order valence-corrected chi connectivity index (χ4v) is 3.84. The third-order valence-corrected chi connectivity index (χ3v) is 5.32. The molecule has 5 nitrogen and oxygen atoms in total. The van der Waals surface area contributed by atoms with Crippen molar-refractivity contribution in [2.24, 2.45) is 0 Å². The van der Waals surface area contributed by atoms with Gasteiger partial charge in [-0.3, -0.25) is 14.6 Å². The van der Waals surface area contributed by atoms with E-state index in [0.717, 1.165) is 32.4 Å². The highest BCUT2D eigenvalue weighted by Crippen LogP contribution is 2.34. The summed E-state index contributed by atoms with van der Waals surface area (Å²) in [6.07, 6.45) is 2.47. The Labute approximate surface area is 122 Å². The predicted molar refractivity (Wildman–Crippen MR) is 79.9 cm³/mol. The maximum Gasteiger partial charge on any atom is 0.323 e. The molecule has 0 radical (unpaired) electrons. The maximum absolute atomic E-state index is 11.6. The van der Waals surface area contributed by atoms with Gasteiger partial charge in [0.2, 0.25) is 0 Å². The van der Waals surface area contributed by atoms with Gasteiger partial charge in [-0.05, 0) is 46.7 Å². The number of nitrogens with zero attached hydrogens (tertiary/aromatic N) is 2. The Bertz CT molecular complexity index is 351. The van der Waals surface area contributed by atoms with Crippen LogP contribution in [0, 0.1) is 0 Å². The minimum atomic E-state index is -0.699. The monoisotopic (exact) mass is 283 g/mol. The molecule has 4 atom stereocenters. The lowest BCUT2D eigenvalue weighted by Crippen LogP contribution is -2.58. The number of hydrogen-bond acceptors (Lipinski definition) is 4. The van der Waals surface area contributed by atoms with Gasteiger partial charge in [0.05, 0.1) is 0 Å². The summed E-state index contributed by atoms with van der Waals surface area (Å²) in [6, 6.07) is 1.49. The van der Waals surface area contributed by atoms with E-state index in [1.807, 2.05) is 6.92 Å². The molecule has 116 valence electrons. The van der Waals surface area contributed by atoms with Crippen LogP contribution in [-0.2, 0) is 4.79 Å².